The van der Waals surface area contributed by atoms with Crippen molar-refractivity contribution in [1.82, 2.24) is 5.32 Å². The highest BCUT2D eigenvalue weighted by atomic mass is 79.9. The molecule has 1 atom stereocenters. The van der Waals surface area contributed by atoms with Gasteiger partial charge in [-0.1, -0.05) is 22.0 Å². The number of aliphatic hydroxyl groups excluding tert-OH is 1. The number of rotatable bonds is 3. The van der Waals surface area contributed by atoms with Gasteiger partial charge in [0.2, 0.25) is 5.91 Å². The molecule has 1 unspecified atom stereocenters. The summed E-state index contributed by atoms with van der Waals surface area (Å²) in [5.41, 5.74) is 0.807. The lowest BCUT2D eigenvalue weighted by Gasteiger charge is -2.48. The number of hydrogen-bond acceptors (Lipinski definition) is 3. The molecular weight excluding hydrogens is 308 g/mol. The molecule has 1 aromatic rings. The summed E-state index contributed by atoms with van der Waals surface area (Å²) in [5, 5.41) is 12.1. The van der Waals surface area contributed by atoms with Crippen LogP contribution in [0.25, 0.3) is 0 Å². The molecule has 1 aliphatic rings. The van der Waals surface area contributed by atoms with Crippen molar-refractivity contribution in [3.63, 3.8) is 0 Å². The minimum atomic E-state index is -0.331. The van der Waals surface area contributed by atoms with E-state index in [1.807, 2.05) is 24.3 Å². The van der Waals surface area contributed by atoms with Gasteiger partial charge in [0.1, 0.15) is 6.04 Å². The average Bonchev–Trinajstić information content (AvgIpc) is 2.34. The molecule has 0 saturated carbocycles. The molecule has 4 nitrogen and oxygen atoms in total. The summed E-state index contributed by atoms with van der Waals surface area (Å²) in [6, 6.07) is 7.59. The standard InChI is InChI=1S/C14H19BrN2O2/c1-14(2)9-16-13(19)12(6-7-18)17(14)11-5-3-4-10(15)8-11/h3-5,8,12,18H,6-7,9H2,1-2H3,(H,16,19). The molecule has 2 rings (SSSR count). The Balaban J connectivity index is 2.42. The second-order valence-corrected chi connectivity index (χ2v) is 6.32. The lowest BCUT2D eigenvalue weighted by atomic mass is 9.93. The van der Waals surface area contributed by atoms with Crippen LogP contribution in [0.3, 0.4) is 0 Å². The number of nitrogens with one attached hydrogen (secondary N) is 1. The summed E-state index contributed by atoms with van der Waals surface area (Å²) in [6.45, 7) is 4.79. The van der Waals surface area contributed by atoms with Crippen molar-refractivity contribution in [1.29, 1.82) is 0 Å². The highest BCUT2D eigenvalue weighted by Gasteiger charge is 2.40. The normalized spacial score (nSPS) is 22.2. The summed E-state index contributed by atoms with van der Waals surface area (Å²) in [5.74, 6) is -0.0200. The van der Waals surface area contributed by atoms with Gasteiger partial charge in [-0.05, 0) is 38.5 Å². The molecule has 104 valence electrons. The molecule has 1 fully saturated rings. The predicted molar refractivity (Wildman–Crippen MR) is 79.2 cm³/mol. The number of anilines is 1. The number of nitrogens with zero attached hydrogens (tertiary/aromatic N) is 1. The molecule has 1 heterocycles. The molecule has 0 aliphatic carbocycles. The van der Waals surface area contributed by atoms with E-state index in [9.17, 15) is 9.90 Å². The molecule has 1 aromatic carbocycles. The van der Waals surface area contributed by atoms with Crippen LogP contribution in [-0.2, 0) is 4.79 Å². The molecule has 1 aliphatic heterocycles. The van der Waals surface area contributed by atoms with Gasteiger partial charge >= 0.3 is 0 Å². The van der Waals surface area contributed by atoms with Gasteiger partial charge in [0.25, 0.3) is 0 Å². The van der Waals surface area contributed by atoms with Crippen LogP contribution < -0.4 is 10.2 Å². The van der Waals surface area contributed by atoms with E-state index in [4.69, 9.17) is 0 Å². The lowest BCUT2D eigenvalue weighted by molar-refractivity contribution is -0.124. The number of piperazine rings is 1. The third kappa shape index (κ3) is 2.92. The molecule has 0 bridgehead atoms. The Kier molecular flexibility index (Phi) is 4.16. The fourth-order valence-electron chi connectivity index (χ4n) is 2.58. The average molecular weight is 327 g/mol. The van der Waals surface area contributed by atoms with Crippen molar-refractivity contribution in [2.24, 2.45) is 0 Å². The molecule has 1 saturated heterocycles. The Hall–Kier alpha value is -1.07. The fraction of sp³-hybridized carbons (Fsp3) is 0.500. The van der Waals surface area contributed by atoms with Crippen LogP contribution >= 0.6 is 15.9 Å². The van der Waals surface area contributed by atoms with Gasteiger partial charge in [-0.2, -0.15) is 0 Å². The number of aliphatic hydroxyl groups is 1. The molecule has 2 N–H and O–H groups in total. The topological polar surface area (TPSA) is 52.6 Å². The Bertz CT molecular complexity index is 476. The lowest BCUT2D eigenvalue weighted by Crippen LogP contribution is -2.66. The summed E-state index contributed by atoms with van der Waals surface area (Å²) in [4.78, 5) is 14.2. The Morgan fingerprint density at radius 1 is 1.53 bits per heavy atom. The van der Waals surface area contributed by atoms with Crippen LogP contribution in [0, 0.1) is 0 Å². The number of benzene rings is 1. The third-order valence-corrected chi connectivity index (χ3v) is 3.94. The van der Waals surface area contributed by atoms with Crippen LogP contribution in [0.5, 0.6) is 0 Å². The van der Waals surface area contributed by atoms with Gasteiger partial charge in [0, 0.05) is 23.3 Å². The molecule has 5 heteroatoms. The van der Waals surface area contributed by atoms with Crippen LogP contribution in [0.15, 0.2) is 28.7 Å². The van der Waals surface area contributed by atoms with Crippen molar-refractivity contribution >= 4 is 27.5 Å². The smallest absolute Gasteiger partial charge is 0.242 e. The maximum absolute atomic E-state index is 12.1. The highest BCUT2D eigenvalue weighted by Crippen LogP contribution is 2.31. The highest BCUT2D eigenvalue weighted by molar-refractivity contribution is 9.10. The Morgan fingerprint density at radius 2 is 2.26 bits per heavy atom. The van der Waals surface area contributed by atoms with Gasteiger partial charge in [-0.15, -0.1) is 0 Å². The van der Waals surface area contributed by atoms with E-state index in [1.54, 1.807) is 0 Å². The maximum atomic E-state index is 12.1. The van der Waals surface area contributed by atoms with Crippen molar-refractivity contribution in [3.05, 3.63) is 28.7 Å². The molecule has 0 spiro atoms. The first-order valence-electron chi connectivity index (χ1n) is 6.39. The predicted octanol–water partition coefficient (Wildman–Crippen LogP) is 1.91. The molecule has 0 radical (unpaired) electrons. The van der Waals surface area contributed by atoms with Crippen LogP contribution in [0.4, 0.5) is 5.69 Å². The number of amides is 1. The van der Waals surface area contributed by atoms with Crippen LogP contribution in [0.2, 0.25) is 0 Å². The van der Waals surface area contributed by atoms with Crippen molar-refractivity contribution in [3.8, 4) is 0 Å². The van der Waals surface area contributed by atoms with Crippen molar-refractivity contribution in [2.45, 2.75) is 31.8 Å². The number of carbonyl (C=O) groups is 1. The van der Waals surface area contributed by atoms with Gasteiger partial charge in [0.15, 0.2) is 0 Å². The second kappa shape index (κ2) is 5.51. The van der Waals surface area contributed by atoms with Gasteiger partial charge < -0.3 is 15.3 Å². The number of hydrogen-bond donors (Lipinski definition) is 2. The zero-order valence-corrected chi connectivity index (χ0v) is 12.8. The summed E-state index contributed by atoms with van der Waals surface area (Å²) in [7, 11) is 0. The van der Waals surface area contributed by atoms with E-state index < -0.39 is 0 Å². The molecular formula is C14H19BrN2O2. The monoisotopic (exact) mass is 326 g/mol. The zero-order valence-electron chi connectivity index (χ0n) is 11.2. The van der Waals surface area contributed by atoms with E-state index in [1.165, 1.54) is 0 Å². The summed E-state index contributed by atoms with van der Waals surface area (Å²) < 4.78 is 0.981. The SMILES string of the molecule is CC1(C)CNC(=O)C(CCO)N1c1cccc(Br)c1. The van der Waals surface area contributed by atoms with E-state index >= 15 is 0 Å². The zero-order chi connectivity index (χ0) is 14.0. The largest absolute Gasteiger partial charge is 0.396 e. The molecule has 0 aromatic heterocycles. The first-order chi connectivity index (χ1) is 8.95. The van der Waals surface area contributed by atoms with Gasteiger partial charge in [-0.25, -0.2) is 0 Å². The molecule has 1 amide bonds. The van der Waals surface area contributed by atoms with Gasteiger partial charge in [-0.3, -0.25) is 4.79 Å². The first-order valence-corrected chi connectivity index (χ1v) is 7.18. The Morgan fingerprint density at radius 3 is 2.89 bits per heavy atom. The quantitative estimate of drug-likeness (QED) is 0.892. The Labute approximate surface area is 121 Å². The third-order valence-electron chi connectivity index (χ3n) is 3.45. The minimum Gasteiger partial charge on any atom is -0.396 e. The second-order valence-electron chi connectivity index (χ2n) is 5.41. The number of carbonyl (C=O) groups excluding carboxylic acids is 1. The van der Waals surface area contributed by atoms with E-state index in [0.717, 1.165) is 10.2 Å². The first kappa shape index (κ1) is 14.3. The van der Waals surface area contributed by atoms with Crippen molar-refractivity contribution in [2.75, 3.05) is 18.1 Å². The van der Waals surface area contributed by atoms with Crippen LogP contribution in [0.1, 0.15) is 20.3 Å². The summed E-state index contributed by atoms with van der Waals surface area (Å²) in [6.07, 6.45) is 0.432. The maximum Gasteiger partial charge on any atom is 0.242 e. The van der Waals surface area contributed by atoms with E-state index in [2.05, 4.69) is 40.0 Å². The van der Waals surface area contributed by atoms with Gasteiger partial charge in [0.05, 0.1) is 5.54 Å². The molecule has 19 heavy (non-hydrogen) atoms. The number of halogens is 1. The van der Waals surface area contributed by atoms with E-state index in [-0.39, 0.29) is 24.1 Å². The fourth-order valence-corrected chi connectivity index (χ4v) is 2.97. The van der Waals surface area contributed by atoms with Crippen molar-refractivity contribution < 1.29 is 9.90 Å². The summed E-state index contributed by atoms with van der Waals surface area (Å²) >= 11 is 3.46. The minimum absolute atomic E-state index is 0.00132. The van der Waals surface area contributed by atoms with E-state index in [0.29, 0.717) is 13.0 Å². The van der Waals surface area contributed by atoms with Crippen LogP contribution in [-0.4, -0.2) is 35.7 Å².